The van der Waals surface area contributed by atoms with E-state index >= 15 is 0 Å². The van der Waals surface area contributed by atoms with E-state index in [0.717, 1.165) is 18.3 Å². The lowest BCUT2D eigenvalue weighted by Crippen LogP contribution is -2.61. The first-order chi connectivity index (χ1) is 18.4. The molecule has 0 fully saturated rings. The van der Waals surface area contributed by atoms with Gasteiger partial charge in [0.25, 0.3) is 0 Å². The van der Waals surface area contributed by atoms with Crippen LogP contribution in [0.2, 0.25) is 0 Å². The lowest BCUT2D eigenvalue weighted by atomic mass is 10.6. The predicted molar refractivity (Wildman–Crippen MR) is 137 cm³/mol. The van der Waals surface area contributed by atoms with E-state index < -0.39 is 64.5 Å². The van der Waals surface area contributed by atoms with Crippen molar-refractivity contribution in [2.24, 2.45) is 0 Å². The summed E-state index contributed by atoms with van der Waals surface area (Å²) in [7, 11) is 0. The van der Waals surface area contributed by atoms with Crippen LogP contribution in [0.4, 0.5) is 0 Å². The number of hydrogen-bond donors (Lipinski definition) is 0. The standard InChI is InChI=1S/C21H29N9O9/c1-6-22-13(31)23(7-2)16(34)27(15(22)33)11-29-19(37)26(10-5)20(38)30(21(29)39)12-28-17(35)24(8-3)14(32)25(9-4)18(28)36/h6-12H2,1-5H3. The van der Waals surface area contributed by atoms with E-state index in [4.69, 9.17) is 0 Å². The molecule has 0 amide bonds. The molecule has 0 aliphatic rings. The van der Waals surface area contributed by atoms with Gasteiger partial charge in [-0.3, -0.25) is 0 Å². The van der Waals surface area contributed by atoms with E-state index in [2.05, 4.69) is 0 Å². The third-order valence-corrected chi connectivity index (χ3v) is 6.30. The van der Waals surface area contributed by atoms with Gasteiger partial charge in [0.2, 0.25) is 0 Å². The molecule has 0 atom stereocenters. The largest absolute Gasteiger partial charge is 0.339 e. The molecule has 18 nitrogen and oxygen atoms in total. The molecule has 0 unspecified atom stereocenters. The molecule has 39 heavy (non-hydrogen) atoms. The van der Waals surface area contributed by atoms with Gasteiger partial charge in [0.1, 0.15) is 13.3 Å². The summed E-state index contributed by atoms with van der Waals surface area (Å²) in [6, 6.07) is 0. The van der Waals surface area contributed by atoms with Crippen LogP contribution in [0.3, 0.4) is 0 Å². The van der Waals surface area contributed by atoms with E-state index in [-0.39, 0.29) is 32.7 Å². The second-order valence-electron chi connectivity index (χ2n) is 8.26. The van der Waals surface area contributed by atoms with Crippen LogP contribution in [-0.2, 0) is 46.1 Å². The Bertz CT molecular complexity index is 1760. The molecule has 18 heteroatoms. The summed E-state index contributed by atoms with van der Waals surface area (Å²) in [6.07, 6.45) is 0. The SMILES string of the molecule is CCn1c(=O)n(CC)c(=O)n(Cn2c(=O)n(CC)c(=O)n(Cn3c(=O)n(CC)c(=O)n(CC)c3=O)c2=O)c1=O. The minimum absolute atomic E-state index is 0.106. The molecule has 3 aromatic heterocycles. The van der Waals surface area contributed by atoms with Gasteiger partial charge in [-0.2, -0.15) is 0 Å². The zero-order valence-corrected chi connectivity index (χ0v) is 22.1. The van der Waals surface area contributed by atoms with Gasteiger partial charge in [-0.25, -0.2) is 84.3 Å². The van der Waals surface area contributed by atoms with Crippen molar-refractivity contribution in [2.45, 2.75) is 80.7 Å². The van der Waals surface area contributed by atoms with Crippen LogP contribution >= 0.6 is 0 Å². The summed E-state index contributed by atoms with van der Waals surface area (Å²) in [5, 5.41) is 0. The fraction of sp³-hybridized carbons (Fsp3) is 0.571. The second-order valence-corrected chi connectivity index (χ2v) is 8.26. The van der Waals surface area contributed by atoms with Crippen LogP contribution in [0.15, 0.2) is 43.2 Å². The van der Waals surface area contributed by atoms with Crippen molar-refractivity contribution >= 4 is 0 Å². The smallest absolute Gasteiger partial charge is 0.247 e. The molecule has 0 N–H and O–H groups in total. The minimum Gasteiger partial charge on any atom is -0.247 e. The Balaban J connectivity index is 2.40. The molecule has 3 rings (SSSR count). The first kappa shape index (κ1) is 28.8. The molecule has 0 saturated heterocycles. The Labute approximate surface area is 216 Å². The first-order valence-electron chi connectivity index (χ1n) is 12.2. The Morgan fingerprint density at radius 1 is 0.282 bits per heavy atom. The van der Waals surface area contributed by atoms with Crippen LogP contribution in [0.1, 0.15) is 34.6 Å². The van der Waals surface area contributed by atoms with Gasteiger partial charge < -0.3 is 0 Å². The molecular formula is C21H29N9O9. The summed E-state index contributed by atoms with van der Waals surface area (Å²) < 4.78 is 5.40. The normalized spacial score (nSPS) is 11.3. The van der Waals surface area contributed by atoms with Crippen molar-refractivity contribution in [1.29, 1.82) is 0 Å². The van der Waals surface area contributed by atoms with E-state index in [1.807, 2.05) is 0 Å². The molecule has 0 radical (unpaired) electrons. The van der Waals surface area contributed by atoms with Crippen molar-refractivity contribution < 1.29 is 0 Å². The molecule has 0 aliphatic carbocycles. The first-order valence-corrected chi connectivity index (χ1v) is 12.2. The lowest BCUT2D eigenvalue weighted by molar-refractivity contribution is 0.370. The molecule has 3 heterocycles. The van der Waals surface area contributed by atoms with E-state index in [1.54, 1.807) is 0 Å². The summed E-state index contributed by atoms with van der Waals surface area (Å²) in [5.41, 5.74) is -9.72. The van der Waals surface area contributed by atoms with Gasteiger partial charge >= 0.3 is 51.2 Å². The predicted octanol–water partition coefficient (Wildman–Crippen LogP) is -4.75. The van der Waals surface area contributed by atoms with Gasteiger partial charge in [0.05, 0.1) is 0 Å². The molecule has 0 saturated carbocycles. The highest BCUT2D eigenvalue weighted by Crippen LogP contribution is 1.82. The minimum atomic E-state index is -1.33. The van der Waals surface area contributed by atoms with Crippen LogP contribution in [-0.4, -0.2) is 41.1 Å². The monoisotopic (exact) mass is 551 g/mol. The van der Waals surface area contributed by atoms with Crippen LogP contribution in [0, 0.1) is 0 Å². The summed E-state index contributed by atoms with van der Waals surface area (Å²) in [5.74, 6) is 0. The van der Waals surface area contributed by atoms with E-state index in [9.17, 15) is 43.2 Å². The second kappa shape index (κ2) is 10.9. The molecule has 0 aliphatic heterocycles. The Kier molecular flexibility index (Phi) is 8.06. The Hall–Kier alpha value is -4.77. The van der Waals surface area contributed by atoms with Crippen LogP contribution in [0.25, 0.3) is 0 Å². The number of rotatable bonds is 9. The maximum atomic E-state index is 13.4. The number of nitrogens with zero attached hydrogens (tertiary/aromatic N) is 9. The van der Waals surface area contributed by atoms with Gasteiger partial charge in [-0.05, 0) is 34.6 Å². The molecule has 3 aromatic rings. The van der Waals surface area contributed by atoms with Gasteiger partial charge in [-0.15, -0.1) is 0 Å². The Morgan fingerprint density at radius 2 is 0.410 bits per heavy atom. The maximum Gasteiger partial charge on any atom is 0.339 e. The molecule has 0 aromatic carbocycles. The van der Waals surface area contributed by atoms with E-state index in [1.165, 1.54) is 34.6 Å². The zero-order chi connectivity index (χ0) is 29.3. The Morgan fingerprint density at radius 3 is 0.564 bits per heavy atom. The average molecular weight is 552 g/mol. The van der Waals surface area contributed by atoms with Gasteiger partial charge in [-0.1, -0.05) is 0 Å². The fourth-order valence-corrected chi connectivity index (χ4v) is 4.17. The summed E-state index contributed by atoms with van der Waals surface area (Å²) >= 11 is 0. The van der Waals surface area contributed by atoms with E-state index in [0.29, 0.717) is 22.8 Å². The van der Waals surface area contributed by atoms with Crippen LogP contribution in [0.5, 0.6) is 0 Å². The average Bonchev–Trinajstić information content (AvgIpc) is 2.89. The van der Waals surface area contributed by atoms with Crippen LogP contribution < -0.4 is 51.2 Å². The number of aromatic nitrogens is 9. The van der Waals surface area contributed by atoms with Crippen molar-refractivity contribution in [3.63, 3.8) is 0 Å². The molecule has 0 bridgehead atoms. The van der Waals surface area contributed by atoms with Crippen molar-refractivity contribution in [1.82, 2.24) is 41.1 Å². The van der Waals surface area contributed by atoms with Gasteiger partial charge in [0.15, 0.2) is 0 Å². The molecular weight excluding hydrogens is 522 g/mol. The lowest BCUT2D eigenvalue weighted by Gasteiger charge is -2.16. The summed E-state index contributed by atoms with van der Waals surface area (Å²) in [6.45, 7) is 4.79. The topological polar surface area (TPSA) is 198 Å². The van der Waals surface area contributed by atoms with Crippen molar-refractivity contribution in [3.8, 4) is 0 Å². The zero-order valence-electron chi connectivity index (χ0n) is 22.1. The summed E-state index contributed by atoms with van der Waals surface area (Å²) in [4.78, 5) is 116. The van der Waals surface area contributed by atoms with Gasteiger partial charge in [0, 0.05) is 32.7 Å². The fourth-order valence-electron chi connectivity index (χ4n) is 4.17. The van der Waals surface area contributed by atoms with Crippen molar-refractivity contribution in [3.05, 3.63) is 94.4 Å². The third-order valence-electron chi connectivity index (χ3n) is 6.30. The highest BCUT2D eigenvalue weighted by atomic mass is 16.2. The molecule has 0 spiro atoms. The third kappa shape index (κ3) is 4.46. The number of hydrogen-bond acceptors (Lipinski definition) is 9. The maximum absolute atomic E-state index is 13.4. The molecule has 212 valence electrons. The highest BCUT2D eigenvalue weighted by molar-refractivity contribution is 4.85. The highest BCUT2D eigenvalue weighted by Gasteiger charge is 2.21. The quantitative estimate of drug-likeness (QED) is 0.251. The van der Waals surface area contributed by atoms with Crippen molar-refractivity contribution in [2.75, 3.05) is 0 Å².